The van der Waals surface area contributed by atoms with Crippen molar-refractivity contribution in [2.75, 3.05) is 7.05 Å². The van der Waals surface area contributed by atoms with Crippen molar-refractivity contribution in [2.45, 2.75) is 39.2 Å². The molecule has 0 saturated carbocycles. The van der Waals surface area contributed by atoms with Gasteiger partial charge in [-0.25, -0.2) is 0 Å². The zero-order valence-electron chi connectivity index (χ0n) is 6.41. The molecular formula is C7H17N. The molecule has 1 N–H and O–H groups in total. The van der Waals surface area contributed by atoms with Gasteiger partial charge in [0.1, 0.15) is 0 Å². The highest BCUT2D eigenvalue weighted by atomic mass is 14.9. The van der Waals surface area contributed by atoms with E-state index in [1.165, 1.54) is 12.8 Å². The van der Waals surface area contributed by atoms with Crippen LogP contribution in [0, 0.1) is 0 Å². The maximum absolute atomic E-state index is 3.24. The van der Waals surface area contributed by atoms with Gasteiger partial charge in [-0.1, -0.05) is 13.3 Å². The average Bonchev–Trinajstić information content (AvgIpc) is 1.67. The third kappa shape index (κ3) is 3.03. The van der Waals surface area contributed by atoms with E-state index >= 15 is 0 Å². The van der Waals surface area contributed by atoms with Crippen molar-refractivity contribution >= 4 is 0 Å². The third-order valence-corrected chi connectivity index (χ3v) is 1.55. The average molecular weight is 115 g/mol. The van der Waals surface area contributed by atoms with Crippen molar-refractivity contribution in [3.05, 3.63) is 0 Å². The Kier molecular flexibility index (Phi) is 3.06. The molecule has 0 fully saturated rings. The first-order valence-electron chi connectivity index (χ1n) is 3.31. The number of nitrogens with one attached hydrogen (secondary N) is 1. The molecule has 0 rings (SSSR count). The zero-order chi connectivity index (χ0) is 6.62. The minimum Gasteiger partial charge on any atom is -0.315 e. The summed E-state index contributed by atoms with van der Waals surface area (Å²) in [5.74, 6) is 0. The van der Waals surface area contributed by atoms with Gasteiger partial charge in [-0.05, 0) is 27.3 Å². The maximum Gasteiger partial charge on any atom is 0.0122 e. The molecule has 0 aliphatic rings. The Morgan fingerprint density at radius 2 is 1.88 bits per heavy atom. The van der Waals surface area contributed by atoms with Crippen molar-refractivity contribution in [1.29, 1.82) is 0 Å². The van der Waals surface area contributed by atoms with Gasteiger partial charge in [0.2, 0.25) is 0 Å². The van der Waals surface area contributed by atoms with Gasteiger partial charge in [-0.3, -0.25) is 0 Å². The van der Waals surface area contributed by atoms with Gasteiger partial charge in [-0.15, -0.1) is 0 Å². The highest BCUT2D eigenvalue weighted by Crippen LogP contribution is 2.08. The van der Waals surface area contributed by atoms with E-state index in [0.29, 0.717) is 5.54 Å². The lowest BCUT2D eigenvalue weighted by Gasteiger charge is -2.22. The Bertz CT molecular complexity index is 57.4. The largest absolute Gasteiger partial charge is 0.315 e. The summed E-state index contributed by atoms with van der Waals surface area (Å²) >= 11 is 0. The van der Waals surface area contributed by atoms with Gasteiger partial charge in [0.15, 0.2) is 0 Å². The molecule has 0 aliphatic carbocycles. The van der Waals surface area contributed by atoms with E-state index in [0.717, 1.165) is 0 Å². The third-order valence-electron chi connectivity index (χ3n) is 1.55. The van der Waals surface area contributed by atoms with Gasteiger partial charge in [0, 0.05) is 5.54 Å². The molecule has 0 unspecified atom stereocenters. The standard InChI is InChI=1S/C7H17N/c1-5-6-7(2,3)8-4/h8H,5-6H2,1-4H3. The molecule has 0 aromatic carbocycles. The lowest BCUT2D eigenvalue weighted by molar-refractivity contribution is 0.389. The summed E-state index contributed by atoms with van der Waals surface area (Å²) < 4.78 is 0. The summed E-state index contributed by atoms with van der Waals surface area (Å²) in [4.78, 5) is 0. The minimum absolute atomic E-state index is 0.342. The van der Waals surface area contributed by atoms with Crippen LogP contribution in [0.1, 0.15) is 33.6 Å². The van der Waals surface area contributed by atoms with Crippen LogP contribution in [0.2, 0.25) is 0 Å². The van der Waals surface area contributed by atoms with Gasteiger partial charge >= 0.3 is 0 Å². The van der Waals surface area contributed by atoms with Crippen LogP contribution in [0.25, 0.3) is 0 Å². The quantitative estimate of drug-likeness (QED) is 0.591. The topological polar surface area (TPSA) is 12.0 Å². The van der Waals surface area contributed by atoms with E-state index in [1.807, 2.05) is 7.05 Å². The van der Waals surface area contributed by atoms with Crippen LogP contribution < -0.4 is 5.32 Å². The molecule has 50 valence electrons. The molecule has 1 nitrogen and oxygen atoms in total. The maximum atomic E-state index is 3.24. The highest BCUT2D eigenvalue weighted by Gasteiger charge is 2.11. The van der Waals surface area contributed by atoms with E-state index in [1.54, 1.807) is 0 Å². The van der Waals surface area contributed by atoms with E-state index in [2.05, 4.69) is 26.1 Å². The van der Waals surface area contributed by atoms with Crippen molar-refractivity contribution < 1.29 is 0 Å². The summed E-state index contributed by atoms with van der Waals surface area (Å²) in [6, 6.07) is 0. The molecular weight excluding hydrogens is 98.1 g/mol. The van der Waals surface area contributed by atoms with Crippen molar-refractivity contribution in [3.8, 4) is 0 Å². The molecule has 0 aliphatic heterocycles. The molecule has 0 aromatic heterocycles. The summed E-state index contributed by atoms with van der Waals surface area (Å²) in [7, 11) is 2.01. The van der Waals surface area contributed by atoms with Crippen LogP contribution in [-0.4, -0.2) is 12.6 Å². The number of hydrogen-bond donors (Lipinski definition) is 1. The normalized spacial score (nSPS) is 12.0. The SMILES string of the molecule is CCCC(C)(C)NC. The molecule has 1 heteroatoms. The Hall–Kier alpha value is -0.0400. The Balaban J connectivity index is 3.37. The fourth-order valence-electron chi connectivity index (χ4n) is 0.750. The fraction of sp³-hybridized carbons (Fsp3) is 1.00. The first kappa shape index (κ1) is 7.96. The van der Waals surface area contributed by atoms with Gasteiger partial charge in [0.05, 0.1) is 0 Å². The minimum atomic E-state index is 0.342. The second-order valence-corrected chi connectivity index (χ2v) is 2.88. The van der Waals surface area contributed by atoms with Gasteiger partial charge in [0.25, 0.3) is 0 Å². The molecule has 0 heterocycles. The lowest BCUT2D eigenvalue weighted by Crippen LogP contribution is -2.35. The number of hydrogen-bond acceptors (Lipinski definition) is 1. The van der Waals surface area contributed by atoms with Crippen molar-refractivity contribution in [3.63, 3.8) is 0 Å². The van der Waals surface area contributed by atoms with E-state index in [9.17, 15) is 0 Å². The summed E-state index contributed by atoms with van der Waals surface area (Å²) in [6.07, 6.45) is 2.51. The summed E-state index contributed by atoms with van der Waals surface area (Å²) in [5.41, 5.74) is 0.342. The summed E-state index contributed by atoms with van der Waals surface area (Å²) in [5, 5.41) is 3.24. The highest BCUT2D eigenvalue weighted by molar-refractivity contribution is 4.73. The molecule has 0 radical (unpaired) electrons. The zero-order valence-corrected chi connectivity index (χ0v) is 6.41. The summed E-state index contributed by atoms with van der Waals surface area (Å²) in [6.45, 7) is 6.64. The van der Waals surface area contributed by atoms with Crippen LogP contribution in [0.5, 0.6) is 0 Å². The van der Waals surface area contributed by atoms with Crippen LogP contribution in [-0.2, 0) is 0 Å². The molecule has 0 saturated heterocycles. The van der Waals surface area contributed by atoms with E-state index < -0.39 is 0 Å². The Morgan fingerprint density at radius 1 is 1.38 bits per heavy atom. The Labute approximate surface area is 52.5 Å². The van der Waals surface area contributed by atoms with Gasteiger partial charge < -0.3 is 5.32 Å². The van der Waals surface area contributed by atoms with Gasteiger partial charge in [-0.2, -0.15) is 0 Å². The Morgan fingerprint density at radius 3 is 2.00 bits per heavy atom. The van der Waals surface area contributed by atoms with Crippen LogP contribution in [0.3, 0.4) is 0 Å². The predicted molar refractivity (Wildman–Crippen MR) is 38.0 cm³/mol. The monoisotopic (exact) mass is 115 g/mol. The molecule has 0 aromatic rings. The predicted octanol–water partition coefficient (Wildman–Crippen LogP) is 1.78. The first-order valence-corrected chi connectivity index (χ1v) is 3.31. The van der Waals surface area contributed by atoms with E-state index in [4.69, 9.17) is 0 Å². The van der Waals surface area contributed by atoms with Crippen molar-refractivity contribution in [1.82, 2.24) is 5.32 Å². The molecule has 8 heavy (non-hydrogen) atoms. The van der Waals surface area contributed by atoms with E-state index in [-0.39, 0.29) is 0 Å². The molecule has 0 spiro atoms. The fourth-order valence-corrected chi connectivity index (χ4v) is 0.750. The van der Waals surface area contributed by atoms with Crippen molar-refractivity contribution in [2.24, 2.45) is 0 Å². The van der Waals surface area contributed by atoms with Crippen LogP contribution >= 0.6 is 0 Å². The molecule has 0 amide bonds. The number of rotatable bonds is 3. The lowest BCUT2D eigenvalue weighted by atomic mass is 10.00. The molecule has 0 atom stereocenters. The second kappa shape index (κ2) is 3.08. The van der Waals surface area contributed by atoms with Crippen LogP contribution in [0.4, 0.5) is 0 Å². The smallest absolute Gasteiger partial charge is 0.0122 e. The second-order valence-electron chi connectivity index (χ2n) is 2.88. The first-order chi connectivity index (χ1) is 3.62. The van der Waals surface area contributed by atoms with Crippen LogP contribution in [0.15, 0.2) is 0 Å². The molecule has 0 bridgehead atoms.